The molecule has 0 aliphatic carbocycles. The predicted molar refractivity (Wildman–Crippen MR) is 63.8 cm³/mol. The van der Waals surface area contributed by atoms with Gasteiger partial charge in [0.05, 0.1) is 0 Å². The number of carbonyl (C=O) groups is 1. The Labute approximate surface area is 97.9 Å². The molecule has 0 N–H and O–H groups in total. The highest BCUT2D eigenvalue weighted by Gasteiger charge is 2.12. The van der Waals surface area contributed by atoms with E-state index in [1.807, 2.05) is 0 Å². The molecule has 94 valence electrons. The van der Waals surface area contributed by atoms with E-state index in [-0.39, 0.29) is 5.57 Å². The molecular weight excluding hydrogens is 207 g/mol. The molecule has 0 saturated carbocycles. The molecule has 0 radical (unpaired) electrons. The summed E-state index contributed by atoms with van der Waals surface area (Å²) in [6, 6.07) is 0. The lowest BCUT2D eigenvalue weighted by Crippen LogP contribution is -2.13. The lowest BCUT2D eigenvalue weighted by atomic mass is 10.1. The van der Waals surface area contributed by atoms with Gasteiger partial charge in [0.25, 0.3) is 0 Å². The summed E-state index contributed by atoms with van der Waals surface area (Å²) >= 11 is 0. The van der Waals surface area contributed by atoms with Gasteiger partial charge in [-0.15, -0.1) is 0 Å². The second kappa shape index (κ2) is 9.37. The van der Waals surface area contributed by atoms with E-state index in [2.05, 4.69) is 18.2 Å². The minimum Gasteiger partial charge on any atom is -0.428 e. The molecule has 0 aliphatic rings. The zero-order valence-electron chi connectivity index (χ0n) is 10.4. The van der Waals surface area contributed by atoms with Gasteiger partial charge in [-0.25, -0.2) is 9.18 Å². The summed E-state index contributed by atoms with van der Waals surface area (Å²) in [5, 5.41) is 0. The fraction of sp³-hybridized carbons (Fsp3) is 0.769. The van der Waals surface area contributed by atoms with Gasteiger partial charge < -0.3 is 4.74 Å². The number of hydrogen-bond donors (Lipinski definition) is 0. The fourth-order valence-electron chi connectivity index (χ4n) is 1.36. The van der Waals surface area contributed by atoms with E-state index in [9.17, 15) is 9.18 Å². The number of esters is 1. The monoisotopic (exact) mass is 230 g/mol. The average Bonchev–Trinajstić information content (AvgIpc) is 2.23. The maximum Gasteiger partial charge on any atom is 0.335 e. The first-order valence-corrected chi connectivity index (χ1v) is 6.08. The Morgan fingerprint density at radius 2 is 1.81 bits per heavy atom. The van der Waals surface area contributed by atoms with Crippen LogP contribution in [0.25, 0.3) is 0 Å². The number of ether oxygens (including phenoxy) is 1. The number of carbonyl (C=O) groups excluding carboxylic acids is 1. The van der Waals surface area contributed by atoms with Crippen molar-refractivity contribution in [1.29, 1.82) is 0 Å². The van der Waals surface area contributed by atoms with Crippen molar-refractivity contribution in [2.75, 3.05) is 0 Å². The first kappa shape index (κ1) is 15.1. The van der Waals surface area contributed by atoms with Crippen LogP contribution in [-0.2, 0) is 9.53 Å². The van der Waals surface area contributed by atoms with Crippen molar-refractivity contribution < 1.29 is 13.9 Å². The summed E-state index contributed by atoms with van der Waals surface area (Å²) in [6.07, 6.45) is 5.39. The van der Waals surface area contributed by atoms with E-state index in [0.29, 0.717) is 6.42 Å². The van der Waals surface area contributed by atoms with Crippen molar-refractivity contribution in [3.8, 4) is 0 Å². The largest absolute Gasteiger partial charge is 0.428 e. The number of halogens is 1. The average molecular weight is 230 g/mol. The van der Waals surface area contributed by atoms with Gasteiger partial charge in [-0.3, -0.25) is 0 Å². The van der Waals surface area contributed by atoms with Crippen LogP contribution in [-0.4, -0.2) is 12.3 Å². The number of alkyl halides is 1. The van der Waals surface area contributed by atoms with Crippen molar-refractivity contribution in [3.05, 3.63) is 12.2 Å². The molecule has 1 atom stereocenters. The van der Waals surface area contributed by atoms with E-state index in [1.165, 1.54) is 26.2 Å². The van der Waals surface area contributed by atoms with E-state index < -0.39 is 12.3 Å². The molecule has 3 heteroatoms. The van der Waals surface area contributed by atoms with Gasteiger partial charge in [-0.1, -0.05) is 45.6 Å². The summed E-state index contributed by atoms with van der Waals surface area (Å²) in [6.45, 7) is 7.07. The zero-order valence-corrected chi connectivity index (χ0v) is 10.4. The van der Waals surface area contributed by atoms with Crippen LogP contribution in [0.3, 0.4) is 0 Å². The molecule has 0 saturated heterocycles. The van der Waals surface area contributed by atoms with Crippen molar-refractivity contribution in [2.45, 2.75) is 65.2 Å². The minimum atomic E-state index is -1.48. The topological polar surface area (TPSA) is 26.3 Å². The number of hydrogen-bond acceptors (Lipinski definition) is 2. The molecule has 2 nitrogen and oxygen atoms in total. The number of rotatable bonds is 9. The van der Waals surface area contributed by atoms with Crippen molar-refractivity contribution >= 4 is 5.97 Å². The Morgan fingerprint density at radius 3 is 2.38 bits per heavy atom. The van der Waals surface area contributed by atoms with Crippen molar-refractivity contribution in [3.63, 3.8) is 0 Å². The molecule has 0 aliphatic heterocycles. The van der Waals surface area contributed by atoms with Gasteiger partial charge in [0, 0.05) is 12.0 Å². The van der Waals surface area contributed by atoms with Crippen LogP contribution in [0.15, 0.2) is 12.2 Å². The normalized spacial score (nSPS) is 12.2. The summed E-state index contributed by atoms with van der Waals surface area (Å²) in [7, 11) is 0. The van der Waals surface area contributed by atoms with Crippen LogP contribution < -0.4 is 0 Å². The Morgan fingerprint density at radius 1 is 1.25 bits per heavy atom. The molecule has 0 aromatic rings. The molecule has 0 aromatic carbocycles. The fourth-order valence-corrected chi connectivity index (χ4v) is 1.36. The lowest BCUT2D eigenvalue weighted by Gasteiger charge is -2.09. The van der Waals surface area contributed by atoms with Gasteiger partial charge in [-0.05, 0) is 13.3 Å². The smallest absolute Gasteiger partial charge is 0.335 e. The Balaban J connectivity index is 3.40. The number of unbranched alkanes of at least 4 members (excludes halogenated alkanes) is 5. The molecule has 16 heavy (non-hydrogen) atoms. The maximum atomic E-state index is 13.1. The predicted octanol–water partition coefficient (Wildman–Crippen LogP) is 4.15. The van der Waals surface area contributed by atoms with Crippen molar-refractivity contribution in [2.24, 2.45) is 0 Å². The van der Waals surface area contributed by atoms with Gasteiger partial charge in [0.1, 0.15) is 0 Å². The molecule has 0 rings (SSSR count). The molecule has 0 fully saturated rings. The van der Waals surface area contributed by atoms with Gasteiger partial charge >= 0.3 is 5.97 Å². The standard InChI is InChI=1S/C13H23FO2/c1-4-5-6-7-8-9-10-12(14)16-13(15)11(2)3/h12H,2,4-10H2,1,3H3. The Bertz CT molecular complexity index is 214. The summed E-state index contributed by atoms with van der Waals surface area (Å²) < 4.78 is 17.6. The second-order valence-electron chi connectivity index (χ2n) is 4.15. The third-order valence-electron chi connectivity index (χ3n) is 2.37. The van der Waals surface area contributed by atoms with Crippen LogP contribution in [0, 0.1) is 0 Å². The molecular formula is C13H23FO2. The first-order chi connectivity index (χ1) is 7.57. The summed E-state index contributed by atoms with van der Waals surface area (Å²) in [5.41, 5.74) is 0.241. The second-order valence-corrected chi connectivity index (χ2v) is 4.15. The van der Waals surface area contributed by atoms with E-state index in [0.717, 1.165) is 19.3 Å². The summed E-state index contributed by atoms with van der Waals surface area (Å²) in [5.74, 6) is -0.640. The minimum absolute atomic E-state index is 0.241. The van der Waals surface area contributed by atoms with E-state index >= 15 is 0 Å². The summed E-state index contributed by atoms with van der Waals surface area (Å²) in [4.78, 5) is 11.0. The van der Waals surface area contributed by atoms with Gasteiger partial charge in [0.15, 0.2) is 0 Å². The third kappa shape index (κ3) is 8.45. The Hall–Kier alpha value is -0.860. The molecule has 0 spiro atoms. The first-order valence-electron chi connectivity index (χ1n) is 6.08. The van der Waals surface area contributed by atoms with E-state index in [4.69, 9.17) is 0 Å². The van der Waals surface area contributed by atoms with Crippen LogP contribution in [0.1, 0.15) is 58.8 Å². The highest BCUT2D eigenvalue weighted by Crippen LogP contribution is 2.12. The third-order valence-corrected chi connectivity index (χ3v) is 2.37. The quantitative estimate of drug-likeness (QED) is 0.338. The van der Waals surface area contributed by atoms with Crippen LogP contribution >= 0.6 is 0 Å². The Kier molecular flexibility index (Phi) is 8.87. The van der Waals surface area contributed by atoms with Gasteiger partial charge in [-0.2, -0.15) is 0 Å². The van der Waals surface area contributed by atoms with Crippen LogP contribution in [0.4, 0.5) is 4.39 Å². The molecule has 0 heterocycles. The van der Waals surface area contributed by atoms with E-state index in [1.54, 1.807) is 0 Å². The highest BCUT2D eigenvalue weighted by atomic mass is 19.1. The highest BCUT2D eigenvalue weighted by molar-refractivity contribution is 5.86. The van der Waals surface area contributed by atoms with Crippen molar-refractivity contribution in [1.82, 2.24) is 0 Å². The van der Waals surface area contributed by atoms with Gasteiger partial charge in [0.2, 0.25) is 6.36 Å². The molecule has 1 unspecified atom stereocenters. The SMILES string of the molecule is C=C(C)C(=O)OC(F)CCCCCCCC. The molecule has 0 amide bonds. The zero-order chi connectivity index (χ0) is 12.4. The van der Waals surface area contributed by atoms with Crippen LogP contribution in [0.2, 0.25) is 0 Å². The maximum absolute atomic E-state index is 13.1. The van der Waals surface area contributed by atoms with Crippen LogP contribution in [0.5, 0.6) is 0 Å². The molecule has 0 bridgehead atoms. The lowest BCUT2D eigenvalue weighted by molar-refractivity contribution is -0.153. The molecule has 0 aromatic heterocycles.